The van der Waals surface area contributed by atoms with Crippen LogP contribution in [0.25, 0.3) is 11.1 Å². The number of carbonyl (C=O) groups excluding carboxylic acids is 3. The van der Waals surface area contributed by atoms with E-state index < -0.39 is 12.0 Å². The molecule has 0 aliphatic carbocycles. The normalized spacial score (nSPS) is 13.6. The zero-order chi connectivity index (χ0) is 24.4. The first-order valence-corrected chi connectivity index (χ1v) is 11.3. The van der Waals surface area contributed by atoms with Crippen molar-refractivity contribution in [2.45, 2.75) is 33.4 Å². The lowest BCUT2D eigenvalue weighted by Gasteiger charge is -2.28. The molecule has 6 nitrogen and oxygen atoms in total. The van der Waals surface area contributed by atoms with E-state index in [-0.39, 0.29) is 17.7 Å². The minimum absolute atomic E-state index is 0.0622. The third kappa shape index (κ3) is 4.57. The summed E-state index contributed by atoms with van der Waals surface area (Å²) in [6.45, 7) is 6.16. The highest BCUT2D eigenvalue weighted by Gasteiger charge is 2.38. The highest BCUT2D eigenvalue weighted by Crippen LogP contribution is 2.32. The summed E-state index contributed by atoms with van der Waals surface area (Å²) in [5, 5.41) is 2.91. The van der Waals surface area contributed by atoms with Crippen LogP contribution < -0.4 is 5.32 Å². The fourth-order valence-electron chi connectivity index (χ4n) is 4.28. The number of nitrogens with zero attached hydrogens (tertiary/aromatic N) is 1. The Morgan fingerprint density at radius 1 is 0.941 bits per heavy atom. The minimum Gasteiger partial charge on any atom is -0.467 e. The van der Waals surface area contributed by atoms with E-state index in [2.05, 4.69) is 5.32 Å². The van der Waals surface area contributed by atoms with Crippen molar-refractivity contribution in [1.29, 1.82) is 0 Å². The van der Waals surface area contributed by atoms with Gasteiger partial charge in [-0.25, -0.2) is 4.79 Å². The van der Waals surface area contributed by atoms with Gasteiger partial charge in [-0.05, 0) is 65.9 Å². The fraction of sp³-hybridized carbons (Fsp3) is 0.250. The van der Waals surface area contributed by atoms with E-state index in [1.54, 1.807) is 17.0 Å². The lowest BCUT2D eigenvalue weighted by atomic mass is 10.0. The van der Waals surface area contributed by atoms with Gasteiger partial charge in [0.15, 0.2) is 0 Å². The molecule has 0 unspecified atom stereocenters. The summed E-state index contributed by atoms with van der Waals surface area (Å²) < 4.78 is 4.94. The van der Waals surface area contributed by atoms with Crippen LogP contribution in [0.1, 0.15) is 45.7 Å². The summed E-state index contributed by atoms with van der Waals surface area (Å²) in [5.41, 5.74) is 5.84. The zero-order valence-electron chi connectivity index (χ0n) is 19.8. The van der Waals surface area contributed by atoms with Gasteiger partial charge in [-0.1, -0.05) is 49.7 Å². The van der Waals surface area contributed by atoms with Crippen molar-refractivity contribution in [3.8, 4) is 11.1 Å². The van der Waals surface area contributed by atoms with Gasteiger partial charge in [0.05, 0.1) is 7.11 Å². The quantitative estimate of drug-likeness (QED) is 0.526. The number of methoxy groups -OCH3 is 1. The van der Waals surface area contributed by atoms with Gasteiger partial charge in [0.1, 0.15) is 6.04 Å². The van der Waals surface area contributed by atoms with Crippen LogP contribution in [0.5, 0.6) is 0 Å². The molecule has 0 spiro atoms. The highest BCUT2D eigenvalue weighted by atomic mass is 16.5. The fourth-order valence-corrected chi connectivity index (χ4v) is 4.28. The van der Waals surface area contributed by atoms with E-state index in [0.717, 1.165) is 22.3 Å². The largest absolute Gasteiger partial charge is 0.467 e. The SMILES string of the molecule is COC(=O)[C@H](C(C)C)N1Cc2cc(-c3ccc(NC(=O)c4ccc(C)cc4)cc3)ccc2C1=O. The Balaban J connectivity index is 1.51. The lowest BCUT2D eigenvalue weighted by Crippen LogP contribution is -2.45. The molecule has 0 radical (unpaired) electrons. The summed E-state index contributed by atoms with van der Waals surface area (Å²) in [6, 6.07) is 20.1. The number of anilines is 1. The number of ether oxygens (including phenoxy) is 1. The van der Waals surface area contributed by atoms with Crippen LogP contribution in [-0.2, 0) is 16.1 Å². The Labute approximate surface area is 199 Å². The maximum atomic E-state index is 13.0. The van der Waals surface area contributed by atoms with Crippen molar-refractivity contribution in [2.75, 3.05) is 12.4 Å². The average molecular weight is 457 g/mol. The van der Waals surface area contributed by atoms with Gasteiger partial charge in [-0.3, -0.25) is 9.59 Å². The van der Waals surface area contributed by atoms with Crippen molar-refractivity contribution < 1.29 is 19.1 Å². The summed E-state index contributed by atoms with van der Waals surface area (Å²) in [4.78, 5) is 39.3. The third-order valence-electron chi connectivity index (χ3n) is 6.14. The maximum absolute atomic E-state index is 13.0. The van der Waals surface area contributed by atoms with Gasteiger partial charge >= 0.3 is 5.97 Å². The van der Waals surface area contributed by atoms with Crippen molar-refractivity contribution >= 4 is 23.5 Å². The van der Waals surface area contributed by atoms with Crippen LogP contribution in [0.2, 0.25) is 0 Å². The second-order valence-corrected chi connectivity index (χ2v) is 8.91. The molecule has 0 saturated carbocycles. The number of aryl methyl sites for hydroxylation is 1. The number of esters is 1. The number of benzene rings is 3. The predicted octanol–water partition coefficient (Wildman–Crippen LogP) is 5.07. The second kappa shape index (κ2) is 9.51. The first-order valence-electron chi connectivity index (χ1n) is 11.3. The molecule has 0 saturated heterocycles. The molecule has 1 N–H and O–H groups in total. The Morgan fingerprint density at radius 3 is 2.21 bits per heavy atom. The monoisotopic (exact) mass is 456 g/mol. The number of carbonyl (C=O) groups is 3. The van der Waals surface area contributed by atoms with Gasteiger partial charge < -0.3 is 15.0 Å². The predicted molar refractivity (Wildman–Crippen MR) is 132 cm³/mol. The van der Waals surface area contributed by atoms with E-state index >= 15 is 0 Å². The molecule has 4 rings (SSSR count). The molecule has 1 atom stereocenters. The topological polar surface area (TPSA) is 75.7 Å². The van der Waals surface area contributed by atoms with E-state index in [1.165, 1.54) is 7.11 Å². The molecule has 0 aromatic heterocycles. The van der Waals surface area contributed by atoms with Crippen LogP contribution >= 0.6 is 0 Å². The number of hydrogen-bond acceptors (Lipinski definition) is 4. The molecule has 2 amide bonds. The first-order chi connectivity index (χ1) is 16.3. The molecule has 1 heterocycles. The molecule has 1 aliphatic heterocycles. The van der Waals surface area contributed by atoms with Crippen LogP contribution in [0.15, 0.2) is 66.7 Å². The van der Waals surface area contributed by atoms with Gasteiger partial charge in [-0.15, -0.1) is 0 Å². The molecule has 34 heavy (non-hydrogen) atoms. The van der Waals surface area contributed by atoms with Crippen LogP contribution in [0.4, 0.5) is 5.69 Å². The van der Waals surface area contributed by atoms with Crippen molar-refractivity contribution in [3.63, 3.8) is 0 Å². The van der Waals surface area contributed by atoms with Crippen molar-refractivity contribution in [2.24, 2.45) is 5.92 Å². The number of hydrogen-bond donors (Lipinski definition) is 1. The van der Waals surface area contributed by atoms with E-state index in [4.69, 9.17) is 4.74 Å². The lowest BCUT2D eigenvalue weighted by molar-refractivity contribution is -0.147. The Kier molecular flexibility index (Phi) is 6.50. The number of nitrogens with one attached hydrogen (secondary N) is 1. The Bertz CT molecular complexity index is 1230. The molecular weight excluding hydrogens is 428 g/mol. The van der Waals surface area contributed by atoms with E-state index in [0.29, 0.717) is 23.4 Å². The van der Waals surface area contributed by atoms with Crippen LogP contribution in [0.3, 0.4) is 0 Å². The Hall–Kier alpha value is -3.93. The van der Waals surface area contributed by atoms with Crippen molar-refractivity contribution in [3.05, 3.63) is 89.0 Å². The molecule has 0 bridgehead atoms. The zero-order valence-corrected chi connectivity index (χ0v) is 19.8. The molecular formula is C28H28N2O4. The highest BCUT2D eigenvalue weighted by molar-refractivity contribution is 6.04. The molecule has 0 fully saturated rings. The third-order valence-corrected chi connectivity index (χ3v) is 6.14. The van der Waals surface area contributed by atoms with Gasteiger partial charge in [0, 0.05) is 23.4 Å². The minimum atomic E-state index is -0.621. The van der Waals surface area contributed by atoms with Gasteiger partial charge in [0.2, 0.25) is 0 Å². The second-order valence-electron chi connectivity index (χ2n) is 8.91. The number of fused-ring (bicyclic) bond motifs is 1. The number of rotatable bonds is 6. The smallest absolute Gasteiger partial charge is 0.328 e. The van der Waals surface area contributed by atoms with Gasteiger partial charge in [-0.2, -0.15) is 0 Å². The summed E-state index contributed by atoms with van der Waals surface area (Å²) in [5.74, 6) is -0.776. The Morgan fingerprint density at radius 2 is 1.59 bits per heavy atom. The molecule has 3 aromatic carbocycles. The van der Waals surface area contributed by atoms with Crippen molar-refractivity contribution in [1.82, 2.24) is 4.90 Å². The standard InChI is InChI=1S/C28H28N2O4/c1-17(2)25(28(33)34-4)30-16-22-15-21(11-14-24(22)27(30)32)19-9-12-23(13-10-19)29-26(31)20-7-5-18(3)6-8-20/h5-15,17,25H,16H2,1-4H3,(H,29,31)/t25-/m0/s1. The van der Waals surface area contributed by atoms with Gasteiger partial charge in [0.25, 0.3) is 11.8 Å². The number of amides is 2. The maximum Gasteiger partial charge on any atom is 0.328 e. The molecule has 174 valence electrons. The summed E-state index contributed by atoms with van der Waals surface area (Å²) in [7, 11) is 1.34. The van der Waals surface area contributed by atoms with Crippen LogP contribution in [-0.4, -0.2) is 35.8 Å². The summed E-state index contributed by atoms with van der Waals surface area (Å²) in [6.07, 6.45) is 0. The summed E-state index contributed by atoms with van der Waals surface area (Å²) >= 11 is 0. The van der Waals surface area contributed by atoms with E-state index in [9.17, 15) is 14.4 Å². The average Bonchev–Trinajstić information content (AvgIpc) is 3.15. The molecule has 1 aliphatic rings. The molecule has 3 aromatic rings. The first kappa shape index (κ1) is 23.2. The molecule has 6 heteroatoms. The van der Waals surface area contributed by atoms with E-state index in [1.807, 2.05) is 75.4 Å². The van der Waals surface area contributed by atoms with Crippen LogP contribution in [0, 0.1) is 12.8 Å².